The van der Waals surface area contributed by atoms with Crippen LogP contribution in [0.1, 0.15) is 27.2 Å². The van der Waals surface area contributed by atoms with Gasteiger partial charge in [0.15, 0.2) is 5.92 Å². The fourth-order valence-electron chi connectivity index (χ4n) is 3.54. The van der Waals surface area contributed by atoms with Gasteiger partial charge in [-0.05, 0) is 27.2 Å². The molecule has 0 amide bonds. The average molecular weight is 510 g/mol. The Hall–Kier alpha value is -3.96. The third kappa shape index (κ3) is 8.67. The van der Waals surface area contributed by atoms with Gasteiger partial charge in [0.2, 0.25) is 0 Å². The van der Waals surface area contributed by atoms with Crippen LogP contribution in [-0.4, -0.2) is 72.5 Å². The highest BCUT2D eigenvalue weighted by atomic mass is 16.6. The van der Waals surface area contributed by atoms with Gasteiger partial charge in [-0.2, -0.15) is 0 Å². The van der Waals surface area contributed by atoms with Crippen molar-refractivity contribution < 1.29 is 57.9 Å². The molecular formula is C24H30O12. The standard InChI is InChI=1S/C24H30O12/c1-12(2)21(29)33-6-8-35-23(31)16-11-15(10-14(5)17(16)19(25)26)18(20(27)28)24(32)36-9-7-34-22(30)13(3)4/h10,15-18H,1,3,6-9,11H2,2,4-5H3,(H,25,26)(H,27,28). The molecule has 1 aliphatic rings. The first-order chi connectivity index (χ1) is 16.8. The van der Waals surface area contributed by atoms with Crippen LogP contribution in [0.25, 0.3) is 0 Å². The highest BCUT2D eigenvalue weighted by Gasteiger charge is 2.46. The van der Waals surface area contributed by atoms with E-state index in [1.54, 1.807) is 0 Å². The van der Waals surface area contributed by atoms with Crippen molar-refractivity contribution >= 4 is 35.8 Å². The van der Waals surface area contributed by atoms with E-state index in [4.69, 9.17) is 18.9 Å². The normalized spacial score (nSPS) is 19.6. The fourth-order valence-corrected chi connectivity index (χ4v) is 3.54. The molecule has 2 N–H and O–H groups in total. The maximum absolute atomic E-state index is 12.7. The quantitative estimate of drug-likeness (QED) is 0.0906. The molecule has 0 radical (unpaired) electrons. The topological polar surface area (TPSA) is 180 Å². The molecule has 4 atom stereocenters. The van der Waals surface area contributed by atoms with E-state index in [0.717, 1.165) is 0 Å². The summed E-state index contributed by atoms with van der Waals surface area (Å²) in [5.41, 5.74) is 0.444. The molecule has 12 nitrogen and oxygen atoms in total. The molecule has 0 aliphatic heterocycles. The molecule has 0 saturated heterocycles. The molecule has 1 aliphatic carbocycles. The molecule has 36 heavy (non-hydrogen) atoms. The zero-order valence-corrected chi connectivity index (χ0v) is 20.3. The minimum absolute atomic E-state index is 0.132. The van der Waals surface area contributed by atoms with Crippen LogP contribution in [0.15, 0.2) is 36.0 Å². The van der Waals surface area contributed by atoms with E-state index in [2.05, 4.69) is 13.2 Å². The smallest absolute Gasteiger partial charge is 0.333 e. The number of hydrogen-bond donors (Lipinski definition) is 2. The molecule has 4 unspecified atom stereocenters. The number of rotatable bonds is 13. The first-order valence-corrected chi connectivity index (χ1v) is 10.9. The van der Waals surface area contributed by atoms with Crippen LogP contribution in [0.2, 0.25) is 0 Å². The lowest BCUT2D eigenvalue weighted by molar-refractivity contribution is -0.166. The van der Waals surface area contributed by atoms with Gasteiger partial charge in [-0.1, -0.05) is 24.8 Å². The van der Waals surface area contributed by atoms with Crippen LogP contribution in [0.5, 0.6) is 0 Å². The van der Waals surface area contributed by atoms with Gasteiger partial charge in [0, 0.05) is 17.1 Å². The molecule has 1 rings (SSSR count). The third-order valence-electron chi connectivity index (χ3n) is 5.23. The summed E-state index contributed by atoms with van der Waals surface area (Å²) in [7, 11) is 0. The highest BCUT2D eigenvalue weighted by Crippen LogP contribution is 2.38. The van der Waals surface area contributed by atoms with Crippen LogP contribution in [0, 0.1) is 23.7 Å². The second kappa shape index (κ2) is 13.8. The molecule has 0 spiro atoms. The van der Waals surface area contributed by atoms with E-state index in [0.29, 0.717) is 0 Å². The summed E-state index contributed by atoms with van der Waals surface area (Å²) in [6.45, 7) is 9.67. The number of hydrogen-bond acceptors (Lipinski definition) is 10. The molecule has 0 bridgehead atoms. The summed E-state index contributed by atoms with van der Waals surface area (Å²) in [5, 5.41) is 19.3. The van der Waals surface area contributed by atoms with Crippen molar-refractivity contribution in [3.8, 4) is 0 Å². The first-order valence-electron chi connectivity index (χ1n) is 10.9. The number of ether oxygens (including phenoxy) is 4. The van der Waals surface area contributed by atoms with Gasteiger partial charge in [0.05, 0.1) is 11.8 Å². The fraction of sp³-hybridized carbons (Fsp3) is 0.500. The molecule has 198 valence electrons. The van der Waals surface area contributed by atoms with E-state index < -0.39 is 66.1 Å². The van der Waals surface area contributed by atoms with Crippen LogP contribution in [0.4, 0.5) is 0 Å². The Labute approximate surface area is 207 Å². The third-order valence-corrected chi connectivity index (χ3v) is 5.23. The van der Waals surface area contributed by atoms with Gasteiger partial charge in [0.25, 0.3) is 0 Å². The average Bonchev–Trinajstić information content (AvgIpc) is 2.77. The van der Waals surface area contributed by atoms with E-state index in [1.165, 1.54) is 26.8 Å². The molecule has 0 aromatic rings. The van der Waals surface area contributed by atoms with E-state index >= 15 is 0 Å². The maximum Gasteiger partial charge on any atom is 0.333 e. The summed E-state index contributed by atoms with van der Waals surface area (Å²) < 4.78 is 19.6. The number of esters is 4. The van der Waals surface area contributed by atoms with Gasteiger partial charge < -0.3 is 29.2 Å². The van der Waals surface area contributed by atoms with Crippen LogP contribution in [-0.2, 0) is 47.7 Å². The number of aliphatic carboxylic acids is 2. The Kier molecular flexibility index (Phi) is 11.5. The van der Waals surface area contributed by atoms with E-state index in [9.17, 15) is 39.0 Å². The van der Waals surface area contributed by atoms with Crippen molar-refractivity contribution in [1.82, 2.24) is 0 Å². The number of carbonyl (C=O) groups is 6. The Bertz CT molecular complexity index is 960. The second-order valence-electron chi connectivity index (χ2n) is 8.22. The van der Waals surface area contributed by atoms with Crippen LogP contribution < -0.4 is 0 Å². The van der Waals surface area contributed by atoms with Gasteiger partial charge >= 0.3 is 35.8 Å². The van der Waals surface area contributed by atoms with Crippen molar-refractivity contribution in [3.63, 3.8) is 0 Å². The largest absolute Gasteiger partial charge is 0.481 e. The minimum Gasteiger partial charge on any atom is -0.481 e. The van der Waals surface area contributed by atoms with Crippen LogP contribution >= 0.6 is 0 Å². The number of allylic oxidation sites excluding steroid dienone is 1. The molecule has 0 heterocycles. The molecular weight excluding hydrogens is 480 g/mol. The Balaban J connectivity index is 2.92. The van der Waals surface area contributed by atoms with E-state index in [1.807, 2.05) is 0 Å². The van der Waals surface area contributed by atoms with Gasteiger partial charge in [-0.3, -0.25) is 19.2 Å². The minimum atomic E-state index is -1.75. The van der Waals surface area contributed by atoms with Crippen molar-refractivity contribution in [3.05, 3.63) is 36.0 Å². The summed E-state index contributed by atoms with van der Waals surface area (Å²) in [5.74, 6) is -11.8. The van der Waals surface area contributed by atoms with Crippen LogP contribution in [0.3, 0.4) is 0 Å². The van der Waals surface area contributed by atoms with Crippen molar-refractivity contribution in [2.45, 2.75) is 27.2 Å². The molecule has 0 aromatic heterocycles. The van der Waals surface area contributed by atoms with Crippen molar-refractivity contribution in [1.29, 1.82) is 0 Å². The second-order valence-corrected chi connectivity index (χ2v) is 8.22. The lowest BCUT2D eigenvalue weighted by atomic mass is 9.71. The summed E-state index contributed by atoms with van der Waals surface area (Å²) in [4.78, 5) is 71.7. The number of carboxylic acid groups (broad SMARTS) is 2. The lowest BCUT2D eigenvalue weighted by Gasteiger charge is -2.33. The predicted octanol–water partition coefficient (Wildman–Crippen LogP) is 1.30. The summed E-state index contributed by atoms with van der Waals surface area (Å²) in [6.07, 6.45) is 0.994. The molecule has 12 heteroatoms. The first kappa shape index (κ1) is 30.1. The zero-order chi connectivity index (χ0) is 27.6. The van der Waals surface area contributed by atoms with Crippen molar-refractivity contribution in [2.75, 3.05) is 26.4 Å². The van der Waals surface area contributed by atoms with Crippen molar-refractivity contribution in [2.24, 2.45) is 23.7 Å². The molecule has 0 saturated carbocycles. The van der Waals surface area contributed by atoms with Gasteiger partial charge in [-0.25, -0.2) is 9.59 Å². The predicted molar refractivity (Wildman–Crippen MR) is 121 cm³/mol. The summed E-state index contributed by atoms with van der Waals surface area (Å²) >= 11 is 0. The van der Waals surface area contributed by atoms with E-state index in [-0.39, 0.29) is 43.0 Å². The lowest BCUT2D eigenvalue weighted by Crippen LogP contribution is -2.41. The Morgan fingerprint density at radius 2 is 1.36 bits per heavy atom. The Morgan fingerprint density at radius 1 is 0.889 bits per heavy atom. The maximum atomic E-state index is 12.7. The molecule has 0 aromatic carbocycles. The number of carbonyl (C=O) groups excluding carboxylic acids is 4. The van der Waals surface area contributed by atoms with Gasteiger partial charge in [-0.15, -0.1) is 0 Å². The number of carboxylic acids is 2. The molecule has 0 fully saturated rings. The monoisotopic (exact) mass is 510 g/mol. The Morgan fingerprint density at radius 3 is 1.81 bits per heavy atom. The highest BCUT2D eigenvalue weighted by molar-refractivity contribution is 5.95. The summed E-state index contributed by atoms with van der Waals surface area (Å²) in [6, 6.07) is 0. The van der Waals surface area contributed by atoms with Gasteiger partial charge in [0.1, 0.15) is 26.4 Å². The SMILES string of the molecule is C=C(C)C(=O)OCCOC(=O)C1CC(C(C(=O)O)C(=O)OCCOC(=O)C(=C)C)C=C(C)C1C(=O)O. The zero-order valence-electron chi connectivity index (χ0n) is 20.3.